The molecule has 1 aromatic rings. The van der Waals surface area contributed by atoms with Crippen molar-refractivity contribution in [2.24, 2.45) is 23.2 Å². The van der Waals surface area contributed by atoms with Crippen molar-refractivity contribution in [3.8, 4) is 0 Å². The summed E-state index contributed by atoms with van der Waals surface area (Å²) < 4.78 is 13.6. The lowest BCUT2D eigenvalue weighted by atomic mass is 9.48. The summed E-state index contributed by atoms with van der Waals surface area (Å²) in [6, 6.07) is -1.18. The summed E-state index contributed by atoms with van der Waals surface area (Å²) in [7, 11) is 0. The Balaban J connectivity index is 1.02. The van der Waals surface area contributed by atoms with Gasteiger partial charge in [-0.2, -0.15) is 9.36 Å². The summed E-state index contributed by atoms with van der Waals surface area (Å²) in [4.78, 5) is 13.6. The second kappa shape index (κ2) is 24.9. The van der Waals surface area contributed by atoms with Crippen molar-refractivity contribution in [3.05, 3.63) is 10.5 Å². The van der Waals surface area contributed by atoms with Gasteiger partial charge in [0.05, 0.1) is 19.3 Å². The van der Waals surface area contributed by atoms with Crippen molar-refractivity contribution >= 4 is 0 Å². The number of aliphatic hydroxyl groups excluding tert-OH is 6. The third-order valence-electron chi connectivity index (χ3n) is 14.4. The minimum absolute atomic E-state index is 0.320. The van der Waals surface area contributed by atoms with Crippen LogP contribution in [-0.4, -0.2) is 107 Å². The van der Waals surface area contributed by atoms with E-state index in [9.17, 15) is 35.4 Å². The molecule has 1 aromatic heterocycles. The maximum absolute atomic E-state index is 13.6. The number of aromatic nitrogens is 4. The van der Waals surface area contributed by atoms with Gasteiger partial charge in [0.2, 0.25) is 0 Å². The fourth-order valence-corrected chi connectivity index (χ4v) is 11.4. The van der Waals surface area contributed by atoms with E-state index in [-0.39, 0.29) is 0 Å². The minimum Gasteiger partial charge on any atom is -0.394 e. The fourth-order valence-electron chi connectivity index (χ4n) is 11.4. The van der Waals surface area contributed by atoms with Crippen molar-refractivity contribution in [1.29, 1.82) is 0 Å². The Kier molecular flexibility index (Phi) is 20.4. The van der Waals surface area contributed by atoms with Crippen molar-refractivity contribution in [3.63, 3.8) is 0 Å². The largest absolute Gasteiger partial charge is 0.394 e. The summed E-state index contributed by atoms with van der Waals surface area (Å²) in [6.45, 7) is 1.57. The fraction of sp³-hybridized carbons (Fsp3) is 0.978. The van der Waals surface area contributed by atoms with Gasteiger partial charge in [0.15, 0.2) is 6.29 Å². The maximum Gasteiger partial charge on any atom is 0.364 e. The number of unbranched alkanes of at least 4 members (excludes halogenated alkanes) is 18. The lowest BCUT2D eigenvalue weighted by Crippen LogP contribution is -2.59. The van der Waals surface area contributed by atoms with Gasteiger partial charge in [-0.1, -0.05) is 129 Å². The minimum atomic E-state index is -1.65. The number of tetrazole rings is 1. The average molecular weight is 823 g/mol. The summed E-state index contributed by atoms with van der Waals surface area (Å²) in [6.07, 6.45) is 24.1. The topological polar surface area (TPSA) is 193 Å². The van der Waals surface area contributed by atoms with E-state index in [0.29, 0.717) is 24.8 Å². The number of hydrogen-bond donors (Lipinski definition) is 6. The molecule has 2 heterocycles. The van der Waals surface area contributed by atoms with Crippen LogP contribution < -0.4 is 5.69 Å². The molecule has 6 rings (SSSR count). The number of rotatable bonds is 31. The molecule has 6 N–H and O–H groups in total. The Morgan fingerprint density at radius 1 is 0.707 bits per heavy atom. The first-order valence-electron chi connectivity index (χ1n) is 23.9. The molecule has 13 heteroatoms. The second-order valence-electron chi connectivity index (χ2n) is 19.3. The zero-order chi connectivity index (χ0) is 41.3. The summed E-state index contributed by atoms with van der Waals surface area (Å²) in [5, 5.41) is 71.2. The lowest BCUT2D eigenvalue weighted by molar-refractivity contribution is -0.304. The Bertz CT molecular complexity index is 1290. The molecule has 1 saturated heterocycles. The molecule has 5 aliphatic rings. The number of ether oxygens (including phenoxy) is 2. The van der Waals surface area contributed by atoms with Gasteiger partial charge in [-0.25, -0.2) is 4.79 Å². The highest BCUT2D eigenvalue weighted by Crippen LogP contribution is 2.61. The van der Waals surface area contributed by atoms with Gasteiger partial charge in [0, 0.05) is 6.54 Å². The van der Waals surface area contributed by atoms with Gasteiger partial charge in [0.1, 0.15) is 36.6 Å². The first kappa shape index (κ1) is 47.6. The number of nitrogens with zero attached hydrogens (tertiary/aromatic N) is 4. The zero-order valence-corrected chi connectivity index (χ0v) is 36.0. The molecule has 4 saturated carbocycles. The third-order valence-corrected chi connectivity index (χ3v) is 14.4. The summed E-state index contributed by atoms with van der Waals surface area (Å²) >= 11 is 0. The Labute approximate surface area is 348 Å². The van der Waals surface area contributed by atoms with Crippen LogP contribution in [0.1, 0.15) is 193 Å². The van der Waals surface area contributed by atoms with E-state index in [1.54, 1.807) is 0 Å². The zero-order valence-electron chi connectivity index (χ0n) is 36.0. The van der Waals surface area contributed by atoms with Crippen molar-refractivity contribution in [2.45, 2.75) is 242 Å². The Morgan fingerprint density at radius 2 is 1.22 bits per heavy atom. The molecule has 8 atom stereocenters. The molecule has 5 fully saturated rings. The van der Waals surface area contributed by atoms with Gasteiger partial charge < -0.3 is 40.1 Å². The van der Waals surface area contributed by atoms with Gasteiger partial charge >= 0.3 is 5.69 Å². The normalized spacial score (nSPS) is 30.9. The van der Waals surface area contributed by atoms with Crippen LogP contribution in [0.15, 0.2) is 4.79 Å². The van der Waals surface area contributed by atoms with E-state index in [1.807, 2.05) is 0 Å². The van der Waals surface area contributed by atoms with Crippen molar-refractivity contribution in [1.82, 2.24) is 19.8 Å². The summed E-state index contributed by atoms with van der Waals surface area (Å²) in [5.74, 6) is 3.10. The van der Waals surface area contributed by atoms with E-state index in [4.69, 9.17) is 9.47 Å². The van der Waals surface area contributed by atoms with Crippen LogP contribution in [0.3, 0.4) is 0 Å². The van der Waals surface area contributed by atoms with Gasteiger partial charge in [-0.05, 0) is 91.4 Å². The SMILES string of the molecule is CCCCCCCCCCCCCC[C@@H](O)[C@@H](O)[C@H](COC1OC(CO)C(O)C(O)C1O)n1nnn(CCCCCCCCCCC23CC4CC(CC(C4)C2)C3)c1=O. The molecule has 4 bridgehead atoms. The standard InChI is InChI=1S/C45H82N4O9/c1-2-3-4-5-6-7-8-9-10-13-16-19-22-37(51)39(52)36(32-57-43-42(55)41(54)40(53)38(31-50)58-43)49-44(56)48(46-47-49)24-21-18-15-12-11-14-17-20-23-45-28-33-25-34(29-45)27-35(26-33)30-45/h33-43,50-55H,2-32H2,1H3/t33?,34?,35?,36-,37+,38?,39-,40?,41?,42?,43?,45?/m0/s1. The van der Waals surface area contributed by atoms with Crippen LogP contribution in [-0.2, 0) is 16.0 Å². The molecular formula is C45H82N4O9. The van der Waals surface area contributed by atoms with Crippen LogP contribution in [0.4, 0.5) is 0 Å². The predicted octanol–water partition coefficient (Wildman–Crippen LogP) is 6.34. The van der Waals surface area contributed by atoms with Crippen LogP contribution in [0, 0.1) is 23.2 Å². The summed E-state index contributed by atoms with van der Waals surface area (Å²) in [5.41, 5.74) is 0.147. The van der Waals surface area contributed by atoms with E-state index >= 15 is 0 Å². The molecule has 1 aliphatic heterocycles. The van der Waals surface area contributed by atoms with Crippen LogP contribution >= 0.6 is 0 Å². The number of aliphatic hydroxyl groups is 6. The highest BCUT2D eigenvalue weighted by atomic mass is 16.7. The molecular weight excluding hydrogens is 741 g/mol. The monoisotopic (exact) mass is 823 g/mol. The molecule has 0 spiro atoms. The first-order chi connectivity index (χ1) is 28.1. The molecule has 4 aliphatic carbocycles. The van der Waals surface area contributed by atoms with E-state index in [2.05, 4.69) is 17.4 Å². The maximum atomic E-state index is 13.6. The number of aryl methyl sites for hydroxylation is 1. The molecule has 336 valence electrons. The van der Waals surface area contributed by atoms with E-state index in [0.717, 1.165) is 61.0 Å². The molecule has 58 heavy (non-hydrogen) atoms. The molecule has 13 nitrogen and oxygen atoms in total. The van der Waals surface area contributed by atoms with E-state index < -0.39 is 67.9 Å². The van der Waals surface area contributed by atoms with Crippen LogP contribution in [0.25, 0.3) is 0 Å². The first-order valence-corrected chi connectivity index (χ1v) is 23.9. The van der Waals surface area contributed by atoms with Crippen LogP contribution in [0.5, 0.6) is 0 Å². The second-order valence-corrected chi connectivity index (χ2v) is 19.3. The quantitative estimate of drug-likeness (QED) is 0.0458. The Morgan fingerprint density at radius 3 is 1.78 bits per heavy atom. The van der Waals surface area contributed by atoms with Gasteiger partial charge in [-0.15, -0.1) is 0 Å². The van der Waals surface area contributed by atoms with Gasteiger partial charge in [0.25, 0.3) is 0 Å². The third kappa shape index (κ3) is 14.0. The van der Waals surface area contributed by atoms with Gasteiger partial charge in [-0.3, -0.25) is 0 Å². The molecule has 0 radical (unpaired) electrons. The molecule has 0 aromatic carbocycles. The molecule has 5 unspecified atom stereocenters. The number of hydrogen-bond acceptors (Lipinski definition) is 11. The highest BCUT2D eigenvalue weighted by molar-refractivity contribution is 5.01. The molecule has 0 amide bonds. The van der Waals surface area contributed by atoms with E-state index in [1.165, 1.54) is 133 Å². The lowest BCUT2D eigenvalue weighted by Gasteiger charge is -2.57. The smallest absolute Gasteiger partial charge is 0.364 e. The van der Waals surface area contributed by atoms with Crippen molar-refractivity contribution < 1.29 is 40.1 Å². The predicted molar refractivity (Wildman–Crippen MR) is 223 cm³/mol. The average Bonchev–Trinajstić information content (AvgIpc) is 3.57. The highest BCUT2D eigenvalue weighted by Gasteiger charge is 2.50. The Hall–Kier alpha value is -1.45. The van der Waals surface area contributed by atoms with Crippen molar-refractivity contribution in [2.75, 3.05) is 13.2 Å². The van der Waals surface area contributed by atoms with Crippen LogP contribution in [0.2, 0.25) is 0 Å².